The summed E-state index contributed by atoms with van der Waals surface area (Å²) in [4.78, 5) is 0. The van der Waals surface area contributed by atoms with Crippen molar-refractivity contribution in [2.45, 2.75) is 19.0 Å². The van der Waals surface area contributed by atoms with Crippen LogP contribution >= 0.6 is 15.9 Å². The molecule has 2 heterocycles. The first kappa shape index (κ1) is 11.3. The van der Waals surface area contributed by atoms with Crippen molar-refractivity contribution in [2.24, 2.45) is 0 Å². The molecule has 0 radical (unpaired) electrons. The number of nitrogens with one attached hydrogen (secondary N) is 1. The molecule has 0 aliphatic carbocycles. The van der Waals surface area contributed by atoms with E-state index in [9.17, 15) is 0 Å². The maximum atomic E-state index is 5.37. The Balaban J connectivity index is 1.69. The van der Waals surface area contributed by atoms with Crippen molar-refractivity contribution in [3.05, 3.63) is 22.2 Å². The molecule has 1 N–H and O–H groups in total. The minimum absolute atomic E-state index is 0.315. The van der Waals surface area contributed by atoms with Crippen LogP contribution in [0.2, 0.25) is 0 Å². The first-order chi connectivity index (χ1) is 8.33. The average molecular weight is 300 g/mol. The van der Waals surface area contributed by atoms with Crippen LogP contribution in [0.4, 0.5) is 0 Å². The van der Waals surface area contributed by atoms with Crippen molar-refractivity contribution in [1.82, 2.24) is 5.32 Å². The van der Waals surface area contributed by atoms with Crippen LogP contribution in [0.1, 0.15) is 12.0 Å². The number of halogens is 1. The number of hydrogen-bond acceptors (Lipinski definition) is 4. The van der Waals surface area contributed by atoms with Gasteiger partial charge < -0.3 is 19.5 Å². The van der Waals surface area contributed by atoms with Crippen LogP contribution in [-0.4, -0.2) is 26.0 Å². The summed E-state index contributed by atoms with van der Waals surface area (Å²) in [7, 11) is 0. The Morgan fingerprint density at radius 1 is 1.29 bits per heavy atom. The molecule has 17 heavy (non-hydrogen) atoms. The van der Waals surface area contributed by atoms with Gasteiger partial charge in [0.1, 0.15) is 0 Å². The Bertz CT molecular complexity index is 418. The fourth-order valence-electron chi connectivity index (χ4n) is 2.04. The predicted octanol–water partition coefficient (Wildman–Crippen LogP) is 2.06. The normalized spacial score (nSPS) is 22.1. The summed E-state index contributed by atoms with van der Waals surface area (Å²) < 4.78 is 17.1. The SMILES string of the molecule is Brc1cc2c(cc1CNC1CCOC1)OCO2. The van der Waals surface area contributed by atoms with Crippen LogP contribution in [0.5, 0.6) is 11.5 Å². The van der Waals surface area contributed by atoms with Crippen LogP contribution < -0.4 is 14.8 Å². The fraction of sp³-hybridized carbons (Fsp3) is 0.500. The van der Waals surface area contributed by atoms with Gasteiger partial charge in [-0.3, -0.25) is 0 Å². The minimum atomic E-state index is 0.315. The van der Waals surface area contributed by atoms with Crippen molar-refractivity contribution < 1.29 is 14.2 Å². The van der Waals surface area contributed by atoms with Crippen LogP contribution in [0.3, 0.4) is 0 Å². The molecule has 4 nitrogen and oxygen atoms in total. The van der Waals surface area contributed by atoms with Crippen LogP contribution in [0, 0.1) is 0 Å². The summed E-state index contributed by atoms with van der Waals surface area (Å²) in [5.41, 5.74) is 1.18. The van der Waals surface area contributed by atoms with Gasteiger partial charge >= 0.3 is 0 Å². The van der Waals surface area contributed by atoms with E-state index in [1.165, 1.54) is 5.56 Å². The highest BCUT2D eigenvalue weighted by Gasteiger charge is 2.18. The van der Waals surface area contributed by atoms with Gasteiger partial charge in [-0.1, -0.05) is 15.9 Å². The molecule has 1 aromatic carbocycles. The van der Waals surface area contributed by atoms with E-state index in [1.807, 2.05) is 12.1 Å². The quantitative estimate of drug-likeness (QED) is 0.927. The van der Waals surface area contributed by atoms with E-state index in [1.54, 1.807) is 0 Å². The molecule has 0 bridgehead atoms. The van der Waals surface area contributed by atoms with Gasteiger partial charge in [0.25, 0.3) is 0 Å². The molecule has 0 aromatic heterocycles. The van der Waals surface area contributed by atoms with E-state index in [0.29, 0.717) is 12.8 Å². The maximum absolute atomic E-state index is 5.37. The molecule has 1 fully saturated rings. The van der Waals surface area contributed by atoms with Crippen LogP contribution in [0.25, 0.3) is 0 Å². The highest BCUT2D eigenvalue weighted by atomic mass is 79.9. The van der Waals surface area contributed by atoms with E-state index in [0.717, 1.165) is 42.2 Å². The number of benzene rings is 1. The first-order valence-electron chi connectivity index (χ1n) is 5.72. The summed E-state index contributed by atoms with van der Waals surface area (Å²) in [6.45, 7) is 2.79. The van der Waals surface area contributed by atoms with Gasteiger partial charge in [-0.2, -0.15) is 0 Å². The highest BCUT2D eigenvalue weighted by molar-refractivity contribution is 9.10. The van der Waals surface area contributed by atoms with Crippen molar-refractivity contribution >= 4 is 15.9 Å². The number of ether oxygens (including phenoxy) is 3. The molecule has 2 aliphatic heterocycles. The molecule has 1 aromatic rings. The summed E-state index contributed by atoms with van der Waals surface area (Å²) in [5.74, 6) is 1.64. The largest absolute Gasteiger partial charge is 0.454 e. The van der Waals surface area contributed by atoms with E-state index >= 15 is 0 Å². The number of rotatable bonds is 3. The summed E-state index contributed by atoms with van der Waals surface area (Å²) in [6, 6.07) is 4.45. The molecule has 0 spiro atoms. The molecule has 1 atom stereocenters. The molecular weight excluding hydrogens is 286 g/mol. The van der Waals surface area contributed by atoms with Crippen molar-refractivity contribution in [3.8, 4) is 11.5 Å². The summed E-state index contributed by atoms with van der Waals surface area (Å²) >= 11 is 3.55. The smallest absolute Gasteiger partial charge is 0.231 e. The third kappa shape index (κ3) is 2.41. The molecule has 0 amide bonds. The van der Waals surface area contributed by atoms with Gasteiger partial charge in [-0.15, -0.1) is 0 Å². The monoisotopic (exact) mass is 299 g/mol. The molecule has 92 valence electrons. The Labute approximate surface area is 108 Å². The van der Waals surface area contributed by atoms with Crippen molar-refractivity contribution in [3.63, 3.8) is 0 Å². The van der Waals surface area contributed by atoms with E-state index in [-0.39, 0.29) is 0 Å². The number of hydrogen-bond donors (Lipinski definition) is 1. The lowest BCUT2D eigenvalue weighted by molar-refractivity contribution is 0.174. The minimum Gasteiger partial charge on any atom is -0.454 e. The first-order valence-corrected chi connectivity index (χ1v) is 6.51. The van der Waals surface area contributed by atoms with E-state index < -0.39 is 0 Å². The second-order valence-corrected chi connectivity index (χ2v) is 5.09. The molecular formula is C12H14BrNO3. The third-order valence-corrected chi connectivity index (χ3v) is 3.79. The zero-order valence-electron chi connectivity index (χ0n) is 9.37. The molecule has 1 saturated heterocycles. The Hall–Kier alpha value is -0.780. The summed E-state index contributed by atoms with van der Waals surface area (Å²) in [5, 5.41) is 3.48. The molecule has 3 rings (SSSR count). The van der Waals surface area contributed by atoms with Gasteiger partial charge in [0.2, 0.25) is 6.79 Å². The van der Waals surface area contributed by atoms with Crippen molar-refractivity contribution in [2.75, 3.05) is 20.0 Å². The second-order valence-electron chi connectivity index (χ2n) is 4.24. The van der Waals surface area contributed by atoms with Crippen molar-refractivity contribution in [1.29, 1.82) is 0 Å². The molecule has 1 unspecified atom stereocenters. The average Bonchev–Trinajstić information content (AvgIpc) is 2.95. The Kier molecular flexibility index (Phi) is 3.22. The van der Waals surface area contributed by atoms with Crippen LogP contribution in [-0.2, 0) is 11.3 Å². The highest BCUT2D eigenvalue weighted by Crippen LogP contribution is 2.36. The standard InChI is InChI=1S/C12H14BrNO3/c13-10-4-12-11(16-7-17-12)3-8(10)5-14-9-1-2-15-6-9/h3-4,9,14H,1-2,5-7H2. The third-order valence-electron chi connectivity index (χ3n) is 3.05. The Morgan fingerprint density at radius 2 is 2.12 bits per heavy atom. The second kappa shape index (κ2) is 4.84. The van der Waals surface area contributed by atoms with Crippen LogP contribution in [0.15, 0.2) is 16.6 Å². The lowest BCUT2D eigenvalue weighted by Gasteiger charge is -2.12. The predicted molar refractivity (Wildman–Crippen MR) is 66.3 cm³/mol. The van der Waals surface area contributed by atoms with Gasteiger partial charge in [0.05, 0.1) is 6.61 Å². The molecule has 0 saturated carbocycles. The topological polar surface area (TPSA) is 39.7 Å². The van der Waals surface area contributed by atoms with Gasteiger partial charge in [0, 0.05) is 23.7 Å². The van der Waals surface area contributed by atoms with Gasteiger partial charge in [-0.25, -0.2) is 0 Å². The number of fused-ring (bicyclic) bond motifs is 1. The molecule has 2 aliphatic rings. The molecule has 5 heteroatoms. The lowest BCUT2D eigenvalue weighted by Crippen LogP contribution is -2.28. The Morgan fingerprint density at radius 3 is 2.88 bits per heavy atom. The lowest BCUT2D eigenvalue weighted by atomic mass is 10.2. The fourth-order valence-corrected chi connectivity index (χ4v) is 2.51. The maximum Gasteiger partial charge on any atom is 0.231 e. The van der Waals surface area contributed by atoms with Gasteiger partial charge in [-0.05, 0) is 24.1 Å². The zero-order valence-corrected chi connectivity index (χ0v) is 11.0. The van der Waals surface area contributed by atoms with Gasteiger partial charge in [0.15, 0.2) is 11.5 Å². The summed E-state index contributed by atoms with van der Waals surface area (Å²) in [6.07, 6.45) is 1.09. The van der Waals surface area contributed by atoms with E-state index in [4.69, 9.17) is 14.2 Å². The van der Waals surface area contributed by atoms with E-state index in [2.05, 4.69) is 21.2 Å². The zero-order chi connectivity index (χ0) is 11.7.